The lowest BCUT2D eigenvalue weighted by molar-refractivity contribution is 0.0290. The maximum atomic E-state index is 12.1. The maximum absolute atomic E-state index is 12.1. The predicted molar refractivity (Wildman–Crippen MR) is 84.5 cm³/mol. The molecule has 122 valence electrons. The van der Waals surface area contributed by atoms with Gasteiger partial charge < -0.3 is 15.0 Å². The molecule has 0 aromatic carbocycles. The van der Waals surface area contributed by atoms with E-state index >= 15 is 0 Å². The van der Waals surface area contributed by atoms with Gasteiger partial charge in [-0.1, -0.05) is 0 Å². The zero-order chi connectivity index (χ0) is 16.3. The van der Waals surface area contributed by atoms with E-state index < -0.39 is 5.60 Å². The van der Waals surface area contributed by atoms with Gasteiger partial charge in [0, 0.05) is 37.6 Å². The second-order valence-corrected chi connectivity index (χ2v) is 6.83. The summed E-state index contributed by atoms with van der Waals surface area (Å²) < 4.78 is 5.42. The molecule has 0 spiro atoms. The van der Waals surface area contributed by atoms with Crippen LogP contribution >= 0.6 is 0 Å². The number of carbonyl (C=O) groups is 1. The molecule has 0 aliphatic carbocycles. The largest absolute Gasteiger partial charge is 0.444 e. The molecule has 2 unspecified atom stereocenters. The zero-order valence-electron chi connectivity index (χ0n) is 14.1. The molecule has 2 atom stereocenters. The molecule has 1 aromatic heterocycles. The van der Waals surface area contributed by atoms with Crippen LogP contribution < -0.4 is 5.32 Å². The summed E-state index contributed by atoms with van der Waals surface area (Å²) in [6.07, 6.45) is 4.09. The second kappa shape index (κ2) is 6.60. The van der Waals surface area contributed by atoms with Gasteiger partial charge in [0.25, 0.3) is 0 Å². The number of ether oxygens (including phenoxy) is 1. The normalized spacial score (nSPS) is 20.0. The van der Waals surface area contributed by atoms with Gasteiger partial charge in [-0.25, -0.2) is 4.79 Å². The molecule has 22 heavy (non-hydrogen) atoms. The molecule has 1 aliphatic rings. The van der Waals surface area contributed by atoms with Gasteiger partial charge in [-0.05, 0) is 41.0 Å². The third-order valence-corrected chi connectivity index (χ3v) is 3.65. The van der Waals surface area contributed by atoms with Crippen LogP contribution in [0.25, 0.3) is 0 Å². The zero-order valence-corrected chi connectivity index (χ0v) is 14.1. The molecule has 1 N–H and O–H groups in total. The number of amides is 1. The highest BCUT2D eigenvalue weighted by Gasteiger charge is 2.30. The molecule has 0 saturated carbocycles. The van der Waals surface area contributed by atoms with Crippen LogP contribution in [0.1, 0.15) is 51.5 Å². The molecule has 2 heterocycles. The number of nitrogens with zero attached hydrogens (tertiary/aromatic N) is 3. The van der Waals surface area contributed by atoms with Crippen molar-refractivity contribution in [2.45, 2.75) is 58.7 Å². The first kappa shape index (κ1) is 16.7. The smallest absolute Gasteiger partial charge is 0.410 e. The van der Waals surface area contributed by atoms with Gasteiger partial charge in [0.2, 0.25) is 0 Å². The molecular weight excluding hydrogens is 280 g/mol. The average Bonchev–Trinajstić information content (AvgIpc) is 2.85. The number of rotatable bonds is 3. The molecule has 1 aliphatic heterocycles. The lowest BCUT2D eigenvalue weighted by Crippen LogP contribution is -2.39. The molecule has 1 saturated heterocycles. The Morgan fingerprint density at radius 3 is 2.73 bits per heavy atom. The van der Waals surface area contributed by atoms with Crippen molar-refractivity contribution in [3.8, 4) is 0 Å². The third kappa shape index (κ3) is 4.40. The van der Waals surface area contributed by atoms with E-state index in [1.54, 1.807) is 17.3 Å². The van der Waals surface area contributed by atoms with Crippen LogP contribution in [0, 0.1) is 6.92 Å². The number of aromatic nitrogens is 2. The van der Waals surface area contributed by atoms with Gasteiger partial charge in [0.1, 0.15) is 5.60 Å². The standard InChI is InChI=1S/C16H26N4O2/c1-11-14(18-8-7-17-11)12(2)19-13-6-9-20(10-13)15(21)22-16(3,4)5/h7-8,12-13,19H,6,9-10H2,1-5H3. The Morgan fingerprint density at radius 2 is 2.09 bits per heavy atom. The van der Waals surface area contributed by atoms with Crippen molar-refractivity contribution in [1.29, 1.82) is 0 Å². The van der Waals surface area contributed by atoms with E-state index in [2.05, 4.69) is 22.2 Å². The van der Waals surface area contributed by atoms with E-state index in [0.717, 1.165) is 24.4 Å². The summed E-state index contributed by atoms with van der Waals surface area (Å²) in [6.45, 7) is 11.1. The molecule has 0 radical (unpaired) electrons. The topological polar surface area (TPSA) is 67.4 Å². The van der Waals surface area contributed by atoms with Crippen LogP contribution in [-0.4, -0.2) is 45.7 Å². The Bertz CT molecular complexity index is 527. The molecule has 6 nitrogen and oxygen atoms in total. The Balaban J connectivity index is 1.89. The van der Waals surface area contributed by atoms with Crippen molar-refractivity contribution in [3.63, 3.8) is 0 Å². The van der Waals surface area contributed by atoms with Crippen molar-refractivity contribution in [1.82, 2.24) is 20.2 Å². The van der Waals surface area contributed by atoms with Crippen molar-refractivity contribution in [3.05, 3.63) is 23.8 Å². The summed E-state index contributed by atoms with van der Waals surface area (Å²) in [5.41, 5.74) is 1.44. The Morgan fingerprint density at radius 1 is 1.41 bits per heavy atom. The minimum atomic E-state index is -0.452. The highest BCUT2D eigenvalue weighted by atomic mass is 16.6. The van der Waals surface area contributed by atoms with E-state index in [9.17, 15) is 4.79 Å². The van der Waals surface area contributed by atoms with Crippen LogP contribution in [0.4, 0.5) is 4.79 Å². The lowest BCUT2D eigenvalue weighted by Gasteiger charge is -2.25. The van der Waals surface area contributed by atoms with Crippen molar-refractivity contribution in [2.24, 2.45) is 0 Å². The number of nitrogens with one attached hydrogen (secondary N) is 1. The molecule has 1 aromatic rings. The van der Waals surface area contributed by atoms with Gasteiger partial charge in [-0.3, -0.25) is 9.97 Å². The van der Waals surface area contributed by atoms with Crippen LogP contribution in [0.2, 0.25) is 0 Å². The number of likely N-dealkylation sites (tertiary alicyclic amines) is 1. The predicted octanol–water partition coefficient (Wildman–Crippen LogP) is 2.45. The first-order valence-electron chi connectivity index (χ1n) is 7.78. The summed E-state index contributed by atoms with van der Waals surface area (Å²) in [4.78, 5) is 22.5. The molecule has 1 amide bonds. The fourth-order valence-corrected chi connectivity index (χ4v) is 2.66. The van der Waals surface area contributed by atoms with Gasteiger partial charge in [0.15, 0.2) is 0 Å². The summed E-state index contributed by atoms with van der Waals surface area (Å²) in [7, 11) is 0. The van der Waals surface area contributed by atoms with E-state index in [1.807, 2.05) is 27.7 Å². The van der Waals surface area contributed by atoms with Gasteiger partial charge in [-0.15, -0.1) is 0 Å². The Hall–Kier alpha value is -1.69. The first-order chi connectivity index (χ1) is 10.3. The van der Waals surface area contributed by atoms with Crippen molar-refractivity contribution >= 4 is 6.09 Å². The fraction of sp³-hybridized carbons (Fsp3) is 0.688. The average molecular weight is 306 g/mol. The first-order valence-corrected chi connectivity index (χ1v) is 7.78. The van der Waals surface area contributed by atoms with Crippen molar-refractivity contribution in [2.75, 3.05) is 13.1 Å². The van der Waals surface area contributed by atoms with E-state index in [1.165, 1.54) is 0 Å². The van der Waals surface area contributed by atoms with Gasteiger partial charge in [0.05, 0.1) is 11.4 Å². The number of aryl methyl sites for hydroxylation is 1. The molecule has 6 heteroatoms. The number of hydrogen-bond acceptors (Lipinski definition) is 5. The third-order valence-electron chi connectivity index (χ3n) is 3.65. The highest BCUT2D eigenvalue weighted by molar-refractivity contribution is 5.68. The summed E-state index contributed by atoms with van der Waals surface area (Å²) >= 11 is 0. The van der Waals surface area contributed by atoms with E-state index in [-0.39, 0.29) is 18.2 Å². The fourth-order valence-electron chi connectivity index (χ4n) is 2.66. The summed E-state index contributed by atoms with van der Waals surface area (Å²) in [5, 5.41) is 3.53. The lowest BCUT2D eigenvalue weighted by atomic mass is 10.1. The monoisotopic (exact) mass is 306 g/mol. The van der Waals surface area contributed by atoms with Crippen LogP contribution in [-0.2, 0) is 4.74 Å². The molecule has 0 bridgehead atoms. The summed E-state index contributed by atoms with van der Waals surface area (Å²) in [5.74, 6) is 0. The highest BCUT2D eigenvalue weighted by Crippen LogP contribution is 2.19. The SMILES string of the molecule is Cc1nccnc1C(C)NC1CCN(C(=O)OC(C)(C)C)C1. The van der Waals surface area contributed by atoms with Crippen molar-refractivity contribution < 1.29 is 9.53 Å². The number of carbonyl (C=O) groups excluding carboxylic acids is 1. The van der Waals surface area contributed by atoms with Crippen LogP contribution in [0.15, 0.2) is 12.4 Å². The van der Waals surface area contributed by atoms with Crippen LogP contribution in [0.3, 0.4) is 0 Å². The van der Waals surface area contributed by atoms with E-state index in [4.69, 9.17) is 4.74 Å². The minimum Gasteiger partial charge on any atom is -0.444 e. The quantitative estimate of drug-likeness (QED) is 0.929. The number of hydrogen-bond donors (Lipinski definition) is 1. The molecular formula is C16H26N4O2. The van der Waals surface area contributed by atoms with E-state index in [0.29, 0.717) is 6.54 Å². The Kier molecular flexibility index (Phi) is 5.01. The van der Waals surface area contributed by atoms with Crippen LogP contribution in [0.5, 0.6) is 0 Å². The molecule has 1 fully saturated rings. The summed E-state index contributed by atoms with van der Waals surface area (Å²) in [6, 6.07) is 0.362. The van der Waals surface area contributed by atoms with Gasteiger partial charge >= 0.3 is 6.09 Å². The molecule has 2 rings (SSSR count). The van der Waals surface area contributed by atoms with Gasteiger partial charge in [-0.2, -0.15) is 0 Å². The maximum Gasteiger partial charge on any atom is 0.410 e. The minimum absolute atomic E-state index is 0.109. The second-order valence-electron chi connectivity index (χ2n) is 6.83. The Labute approximate surface area is 132 Å².